The van der Waals surface area contributed by atoms with E-state index in [4.69, 9.17) is 9.47 Å². The Bertz CT molecular complexity index is 502. The molecule has 1 unspecified atom stereocenters. The van der Waals surface area contributed by atoms with Crippen molar-refractivity contribution in [2.75, 3.05) is 6.61 Å². The van der Waals surface area contributed by atoms with Crippen molar-refractivity contribution >= 4 is 23.7 Å². The number of hydrogen-bond acceptors (Lipinski definition) is 5. The molecule has 1 atom stereocenters. The van der Waals surface area contributed by atoms with Gasteiger partial charge in [0.25, 0.3) is 0 Å². The third-order valence-electron chi connectivity index (χ3n) is 2.63. The van der Waals surface area contributed by atoms with Crippen LogP contribution in [0.25, 0.3) is 0 Å². The largest absolute Gasteiger partial charge is 0.466 e. The van der Waals surface area contributed by atoms with Crippen LogP contribution in [0.4, 0.5) is 0 Å². The summed E-state index contributed by atoms with van der Waals surface area (Å²) in [5.41, 5.74) is 0.557. The topological polar surface area (TPSA) is 52.6 Å². The van der Waals surface area contributed by atoms with Gasteiger partial charge in [0.1, 0.15) is 10.9 Å². The number of hydrogen-bond donors (Lipinski definition) is 0. The van der Waals surface area contributed by atoms with Crippen molar-refractivity contribution < 1.29 is 19.1 Å². The number of benzene rings is 1. The second-order valence-electron chi connectivity index (χ2n) is 5.96. The molecule has 0 N–H and O–H groups in total. The third-order valence-corrected chi connectivity index (χ3v) is 3.81. The van der Waals surface area contributed by atoms with Crippen molar-refractivity contribution in [1.29, 1.82) is 0 Å². The molecule has 0 saturated carbocycles. The number of esters is 2. The highest BCUT2D eigenvalue weighted by Crippen LogP contribution is 2.28. The van der Waals surface area contributed by atoms with Crippen molar-refractivity contribution in [3.8, 4) is 0 Å². The van der Waals surface area contributed by atoms with Crippen LogP contribution in [0.3, 0.4) is 0 Å². The third kappa shape index (κ3) is 6.98. The number of aryl methyl sites for hydroxylation is 1. The maximum absolute atomic E-state index is 12.3. The summed E-state index contributed by atoms with van der Waals surface area (Å²) in [6.07, 6.45) is 0.00129. The Labute approximate surface area is 136 Å². The predicted molar refractivity (Wildman–Crippen MR) is 87.9 cm³/mol. The molecular weight excluding hydrogens is 300 g/mol. The molecule has 0 amide bonds. The quantitative estimate of drug-likeness (QED) is 0.589. The van der Waals surface area contributed by atoms with E-state index in [0.717, 1.165) is 10.5 Å². The van der Waals surface area contributed by atoms with E-state index in [9.17, 15) is 9.59 Å². The van der Waals surface area contributed by atoms with E-state index in [0.29, 0.717) is 6.61 Å². The minimum absolute atomic E-state index is 0.00129. The maximum atomic E-state index is 12.3. The van der Waals surface area contributed by atoms with Gasteiger partial charge in [0.05, 0.1) is 13.0 Å². The molecular formula is C17H24O4S. The average molecular weight is 324 g/mol. The minimum atomic E-state index is -0.610. The van der Waals surface area contributed by atoms with Gasteiger partial charge in [0.15, 0.2) is 0 Å². The molecule has 5 heteroatoms. The fourth-order valence-electron chi connectivity index (χ4n) is 1.69. The molecule has 0 fully saturated rings. The Hall–Kier alpha value is -1.49. The summed E-state index contributed by atoms with van der Waals surface area (Å²) in [5, 5.41) is -0.610. The van der Waals surface area contributed by atoms with Crippen molar-refractivity contribution in [2.24, 2.45) is 0 Å². The Kier molecular flexibility index (Phi) is 6.94. The van der Waals surface area contributed by atoms with Gasteiger partial charge in [-0.05, 0) is 46.8 Å². The molecule has 1 aromatic rings. The highest BCUT2D eigenvalue weighted by atomic mass is 32.2. The van der Waals surface area contributed by atoms with Crippen molar-refractivity contribution in [3.05, 3.63) is 29.8 Å². The van der Waals surface area contributed by atoms with Gasteiger partial charge < -0.3 is 9.47 Å². The summed E-state index contributed by atoms with van der Waals surface area (Å²) in [4.78, 5) is 25.0. The second-order valence-corrected chi connectivity index (χ2v) is 7.24. The van der Waals surface area contributed by atoms with Gasteiger partial charge in [-0.3, -0.25) is 9.59 Å². The van der Waals surface area contributed by atoms with Gasteiger partial charge in [0.2, 0.25) is 0 Å². The van der Waals surface area contributed by atoms with Crippen LogP contribution >= 0.6 is 11.8 Å². The summed E-state index contributed by atoms with van der Waals surface area (Å²) >= 11 is 1.33. The van der Waals surface area contributed by atoms with E-state index < -0.39 is 22.8 Å². The number of carbonyl (C=O) groups is 2. The van der Waals surface area contributed by atoms with Crippen molar-refractivity contribution in [1.82, 2.24) is 0 Å². The lowest BCUT2D eigenvalue weighted by Crippen LogP contribution is -2.32. The molecule has 0 heterocycles. The average Bonchev–Trinajstić information content (AvgIpc) is 2.39. The van der Waals surface area contributed by atoms with E-state index in [1.165, 1.54) is 11.8 Å². The van der Waals surface area contributed by atoms with E-state index in [1.54, 1.807) is 6.92 Å². The molecule has 0 aliphatic heterocycles. The van der Waals surface area contributed by atoms with E-state index in [2.05, 4.69) is 0 Å². The van der Waals surface area contributed by atoms with Crippen molar-refractivity contribution in [2.45, 2.75) is 56.8 Å². The summed E-state index contributed by atoms with van der Waals surface area (Å²) in [7, 11) is 0. The van der Waals surface area contributed by atoms with Crippen LogP contribution in [-0.4, -0.2) is 29.4 Å². The molecule has 122 valence electrons. The summed E-state index contributed by atoms with van der Waals surface area (Å²) in [5.74, 6) is -0.788. The first-order chi connectivity index (χ1) is 10.2. The number of rotatable bonds is 6. The highest BCUT2D eigenvalue weighted by Gasteiger charge is 2.28. The Morgan fingerprint density at radius 3 is 2.27 bits per heavy atom. The normalized spacial score (nSPS) is 12.6. The fourth-order valence-corrected chi connectivity index (χ4v) is 2.68. The highest BCUT2D eigenvalue weighted by molar-refractivity contribution is 8.00. The molecule has 0 aliphatic carbocycles. The van der Waals surface area contributed by atoms with Crippen LogP contribution in [0, 0.1) is 6.92 Å². The molecule has 0 aliphatic rings. The number of carbonyl (C=O) groups excluding carboxylic acids is 2. The molecule has 0 bridgehead atoms. The van der Waals surface area contributed by atoms with Gasteiger partial charge in [-0.25, -0.2) is 0 Å². The predicted octanol–water partition coefficient (Wildman–Crippen LogP) is 3.75. The van der Waals surface area contributed by atoms with E-state index in [1.807, 2.05) is 52.0 Å². The molecule has 0 saturated heterocycles. The first-order valence-electron chi connectivity index (χ1n) is 7.33. The Morgan fingerprint density at radius 2 is 1.77 bits per heavy atom. The molecule has 4 nitrogen and oxygen atoms in total. The summed E-state index contributed by atoms with van der Waals surface area (Å²) in [6, 6.07) is 7.81. The van der Waals surface area contributed by atoms with Crippen molar-refractivity contribution in [3.63, 3.8) is 0 Å². The molecule has 0 radical (unpaired) electrons. The van der Waals surface area contributed by atoms with Crippen LogP contribution in [-0.2, 0) is 19.1 Å². The molecule has 0 aromatic heterocycles. The lowest BCUT2D eigenvalue weighted by Gasteiger charge is -2.23. The zero-order valence-electron chi connectivity index (χ0n) is 13.8. The fraction of sp³-hybridized carbons (Fsp3) is 0.529. The second kappa shape index (κ2) is 8.22. The molecule has 1 rings (SSSR count). The lowest BCUT2D eigenvalue weighted by atomic mass is 10.2. The molecule has 1 aromatic carbocycles. The van der Waals surface area contributed by atoms with Gasteiger partial charge in [-0.1, -0.05) is 17.7 Å². The Morgan fingerprint density at radius 1 is 1.18 bits per heavy atom. The first-order valence-corrected chi connectivity index (χ1v) is 8.21. The van der Waals surface area contributed by atoms with Gasteiger partial charge in [0, 0.05) is 4.90 Å². The maximum Gasteiger partial charge on any atom is 0.320 e. The number of ether oxygens (including phenoxy) is 2. The smallest absolute Gasteiger partial charge is 0.320 e. The first kappa shape index (κ1) is 18.6. The van der Waals surface area contributed by atoms with Gasteiger partial charge >= 0.3 is 11.9 Å². The summed E-state index contributed by atoms with van der Waals surface area (Å²) in [6.45, 7) is 9.47. The van der Waals surface area contributed by atoms with Crippen LogP contribution in [0.1, 0.15) is 39.7 Å². The SMILES string of the molecule is CCOC(=O)CC(Sc1ccc(C)cc1)C(=O)OC(C)(C)C. The lowest BCUT2D eigenvalue weighted by molar-refractivity contribution is -0.157. The van der Waals surface area contributed by atoms with Crippen LogP contribution in [0.5, 0.6) is 0 Å². The Balaban J connectivity index is 2.83. The number of thioether (sulfide) groups is 1. The zero-order chi connectivity index (χ0) is 16.8. The van der Waals surface area contributed by atoms with E-state index in [-0.39, 0.29) is 6.42 Å². The van der Waals surface area contributed by atoms with Gasteiger partial charge in [-0.2, -0.15) is 0 Å². The van der Waals surface area contributed by atoms with Crippen LogP contribution in [0.15, 0.2) is 29.2 Å². The van der Waals surface area contributed by atoms with Gasteiger partial charge in [-0.15, -0.1) is 11.8 Å². The molecule has 0 spiro atoms. The minimum Gasteiger partial charge on any atom is -0.466 e. The zero-order valence-corrected chi connectivity index (χ0v) is 14.7. The van der Waals surface area contributed by atoms with Crippen LogP contribution < -0.4 is 0 Å². The van der Waals surface area contributed by atoms with Crippen LogP contribution in [0.2, 0.25) is 0 Å². The summed E-state index contributed by atoms with van der Waals surface area (Å²) < 4.78 is 10.4. The van der Waals surface area contributed by atoms with E-state index >= 15 is 0 Å². The standard InChI is InChI=1S/C17H24O4S/c1-6-20-15(18)11-14(16(19)21-17(3,4)5)22-13-9-7-12(2)8-10-13/h7-10,14H,6,11H2,1-5H3. The monoisotopic (exact) mass is 324 g/mol. The molecule has 22 heavy (non-hydrogen) atoms.